The number of pyridine rings is 1. The molecule has 242 valence electrons. The second-order valence-electron chi connectivity index (χ2n) is 10.9. The topological polar surface area (TPSA) is 129 Å². The highest BCUT2D eigenvalue weighted by Crippen LogP contribution is 2.46. The summed E-state index contributed by atoms with van der Waals surface area (Å²) in [6.45, 7) is 3.84. The van der Waals surface area contributed by atoms with E-state index in [-0.39, 0.29) is 17.4 Å². The Morgan fingerprint density at radius 1 is 0.932 bits per heavy atom. The summed E-state index contributed by atoms with van der Waals surface area (Å²) in [7, 11) is 0. The van der Waals surface area contributed by atoms with Crippen LogP contribution in [0.5, 0.6) is 5.75 Å². The fourth-order valence-corrected chi connectivity index (χ4v) is 4.97. The number of hydrogen-bond acceptors (Lipinski definition) is 6. The molecule has 0 radical (unpaired) electrons. The van der Waals surface area contributed by atoms with E-state index in [4.69, 9.17) is 24.5 Å². The predicted octanol–water partition coefficient (Wildman–Crippen LogP) is 5.17. The van der Waals surface area contributed by atoms with E-state index in [1.807, 2.05) is 18.5 Å². The summed E-state index contributed by atoms with van der Waals surface area (Å²) >= 11 is 0. The van der Waals surface area contributed by atoms with Crippen LogP contribution in [0.3, 0.4) is 0 Å². The summed E-state index contributed by atoms with van der Waals surface area (Å²) in [5.41, 5.74) is 2.36. The molecule has 1 atom stereocenters. The molecule has 1 aliphatic carbocycles. The van der Waals surface area contributed by atoms with Crippen LogP contribution in [0, 0.1) is 5.92 Å². The predicted molar refractivity (Wildman–Crippen MR) is 144 cm³/mol. The number of nitrogens with zero attached hydrogens (tertiary/aromatic N) is 2. The molecule has 9 nitrogen and oxygen atoms in total. The number of carbonyl (C=O) groups is 3. The minimum absolute atomic E-state index is 0.148. The molecule has 2 fully saturated rings. The van der Waals surface area contributed by atoms with Crippen molar-refractivity contribution in [3.8, 4) is 5.75 Å². The Labute approximate surface area is 249 Å². The zero-order valence-corrected chi connectivity index (χ0v) is 23.5. The highest BCUT2D eigenvalue weighted by Gasteiger charge is 2.44. The van der Waals surface area contributed by atoms with Crippen molar-refractivity contribution in [2.75, 3.05) is 19.6 Å². The van der Waals surface area contributed by atoms with Gasteiger partial charge in [-0.2, -0.15) is 26.3 Å². The molecule has 1 spiro atoms. The highest BCUT2D eigenvalue weighted by molar-refractivity contribution is 5.77. The Bertz CT molecular complexity index is 1240. The minimum atomic E-state index is -5.08. The molecule has 1 saturated carbocycles. The van der Waals surface area contributed by atoms with E-state index < -0.39 is 24.3 Å². The quantitative estimate of drug-likeness (QED) is 0.372. The Hall–Kier alpha value is -3.88. The number of piperidine rings is 1. The van der Waals surface area contributed by atoms with Crippen LogP contribution in [0.2, 0.25) is 0 Å². The van der Waals surface area contributed by atoms with Crippen molar-refractivity contribution in [2.24, 2.45) is 5.92 Å². The van der Waals surface area contributed by atoms with Gasteiger partial charge in [-0.05, 0) is 67.3 Å². The standard InChI is InChI=1S/C25H31N3O2.2C2HF3O2/c29-24(27-17-19-5-6-19)15-21-16-25(30-23-4-2-1-3-22(21)23)9-13-28(14-10-25)18-20-7-11-26-12-8-20;2*3-2(4,5)1(6)7/h1-4,7-8,11-12,19,21H,5-6,9-10,13-18H2,(H,27,29);2*(H,6,7). The number of benzene rings is 1. The van der Waals surface area contributed by atoms with Crippen molar-refractivity contribution in [2.45, 2.75) is 68.9 Å². The second-order valence-corrected chi connectivity index (χ2v) is 10.9. The van der Waals surface area contributed by atoms with Crippen molar-refractivity contribution in [3.05, 3.63) is 59.9 Å². The maximum atomic E-state index is 12.6. The molecule has 1 saturated heterocycles. The Kier molecular flexibility index (Phi) is 11.6. The van der Waals surface area contributed by atoms with Crippen LogP contribution in [0.15, 0.2) is 48.8 Å². The van der Waals surface area contributed by atoms with Crippen molar-refractivity contribution < 1.29 is 55.7 Å². The molecule has 3 N–H and O–H groups in total. The number of rotatable bonds is 6. The number of aromatic nitrogens is 1. The number of carbonyl (C=O) groups excluding carboxylic acids is 1. The van der Waals surface area contributed by atoms with Crippen LogP contribution in [-0.4, -0.2) is 75.5 Å². The van der Waals surface area contributed by atoms with Crippen LogP contribution in [-0.2, 0) is 20.9 Å². The van der Waals surface area contributed by atoms with Gasteiger partial charge in [0.15, 0.2) is 0 Å². The fourth-order valence-electron chi connectivity index (χ4n) is 4.97. The van der Waals surface area contributed by atoms with Crippen molar-refractivity contribution in [1.82, 2.24) is 15.2 Å². The molecule has 5 rings (SSSR count). The van der Waals surface area contributed by atoms with Gasteiger partial charge in [0.25, 0.3) is 0 Å². The number of para-hydroxylation sites is 1. The number of aliphatic carboxylic acids is 2. The lowest BCUT2D eigenvalue weighted by Crippen LogP contribution is -2.50. The summed E-state index contributed by atoms with van der Waals surface area (Å²) in [6, 6.07) is 12.5. The van der Waals surface area contributed by atoms with Gasteiger partial charge in [0, 0.05) is 50.9 Å². The van der Waals surface area contributed by atoms with E-state index >= 15 is 0 Å². The number of nitrogens with one attached hydrogen (secondary N) is 1. The van der Waals surface area contributed by atoms with Crippen LogP contribution >= 0.6 is 0 Å². The van der Waals surface area contributed by atoms with E-state index in [0.29, 0.717) is 12.3 Å². The molecule has 3 heterocycles. The number of ether oxygens (including phenoxy) is 1. The minimum Gasteiger partial charge on any atom is -0.487 e. The van der Waals surface area contributed by atoms with Gasteiger partial charge < -0.3 is 20.3 Å². The molecule has 2 aliphatic heterocycles. The third kappa shape index (κ3) is 11.0. The number of carboxylic acids is 2. The van der Waals surface area contributed by atoms with Gasteiger partial charge in [0.1, 0.15) is 11.4 Å². The lowest BCUT2D eigenvalue weighted by molar-refractivity contribution is -0.193. The lowest BCUT2D eigenvalue weighted by Gasteiger charge is -2.47. The van der Waals surface area contributed by atoms with Crippen molar-refractivity contribution in [1.29, 1.82) is 0 Å². The van der Waals surface area contributed by atoms with E-state index in [1.54, 1.807) is 0 Å². The van der Waals surface area contributed by atoms with Gasteiger partial charge >= 0.3 is 24.3 Å². The first-order chi connectivity index (χ1) is 20.6. The van der Waals surface area contributed by atoms with Crippen LogP contribution < -0.4 is 10.1 Å². The van der Waals surface area contributed by atoms with Crippen molar-refractivity contribution in [3.63, 3.8) is 0 Å². The van der Waals surface area contributed by atoms with Crippen LogP contribution in [0.1, 0.15) is 55.6 Å². The van der Waals surface area contributed by atoms with Gasteiger partial charge in [-0.1, -0.05) is 18.2 Å². The smallest absolute Gasteiger partial charge is 0.487 e. The SMILES string of the molecule is O=C(CC1CC2(CCN(Cc3ccncc3)CC2)Oc2ccccc21)NCC1CC1.O=C(O)C(F)(F)F.O=C(O)C(F)(F)F. The van der Waals surface area contributed by atoms with E-state index in [9.17, 15) is 31.1 Å². The van der Waals surface area contributed by atoms with Gasteiger partial charge in [-0.15, -0.1) is 0 Å². The van der Waals surface area contributed by atoms with Gasteiger partial charge in [-0.3, -0.25) is 14.7 Å². The number of amides is 1. The summed E-state index contributed by atoms with van der Waals surface area (Å²) in [5, 5.41) is 17.4. The average Bonchev–Trinajstić information content (AvgIpc) is 3.78. The molecule has 15 heteroatoms. The zero-order chi connectivity index (χ0) is 32.5. The van der Waals surface area contributed by atoms with Crippen molar-refractivity contribution >= 4 is 17.8 Å². The maximum absolute atomic E-state index is 12.6. The summed E-state index contributed by atoms with van der Waals surface area (Å²) in [5.74, 6) is -3.40. The molecular weight excluding hydrogens is 600 g/mol. The third-order valence-electron chi connectivity index (χ3n) is 7.43. The second kappa shape index (κ2) is 14.7. The summed E-state index contributed by atoms with van der Waals surface area (Å²) in [4.78, 5) is 37.0. The Balaban J connectivity index is 0.000000317. The molecule has 1 amide bonds. The molecule has 1 aromatic heterocycles. The monoisotopic (exact) mass is 633 g/mol. The number of likely N-dealkylation sites (tertiary alicyclic amines) is 1. The Morgan fingerprint density at radius 3 is 2.00 bits per heavy atom. The number of hydrogen-bond donors (Lipinski definition) is 3. The third-order valence-corrected chi connectivity index (χ3v) is 7.43. The molecule has 44 heavy (non-hydrogen) atoms. The number of fused-ring (bicyclic) bond motifs is 1. The van der Waals surface area contributed by atoms with Gasteiger partial charge in [0.2, 0.25) is 5.91 Å². The van der Waals surface area contributed by atoms with Crippen LogP contribution in [0.4, 0.5) is 26.3 Å². The van der Waals surface area contributed by atoms with Gasteiger partial charge in [-0.25, -0.2) is 9.59 Å². The molecule has 1 aromatic carbocycles. The van der Waals surface area contributed by atoms with E-state index in [0.717, 1.165) is 51.2 Å². The number of carboxylic acid groups (broad SMARTS) is 2. The van der Waals surface area contributed by atoms with E-state index in [1.165, 1.54) is 24.0 Å². The molecule has 1 unspecified atom stereocenters. The normalized spacial score (nSPS) is 19.2. The molecule has 3 aliphatic rings. The Morgan fingerprint density at radius 2 is 1.48 bits per heavy atom. The maximum Gasteiger partial charge on any atom is 0.490 e. The first-order valence-corrected chi connectivity index (χ1v) is 13.8. The number of alkyl halides is 6. The first-order valence-electron chi connectivity index (χ1n) is 13.8. The fraction of sp³-hybridized carbons (Fsp3) is 0.517. The largest absolute Gasteiger partial charge is 0.490 e. The summed E-state index contributed by atoms with van der Waals surface area (Å²) < 4.78 is 70.1. The number of halogens is 6. The average molecular weight is 634 g/mol. The summed E-state index contributed by atoms with van der Waals surface area (Å²) in [6.07, 6.45) is -0.403. The first kappa shape index (κ1) is 34.6. The van der Waals surface area contributed by atoms with Crippen LogP contribution in [0.25, 0.3) is 0 Å². The lowest BCUT2D eigenvalue weighted by atomic mass is 9.76. The van der Waals surface area contributed by atoms with E-state index in [2.05, 4.69) is 45.5 Å². The molecule has 2 aromatic rings. The highest BCUT2D eigenvalue weighted by atomic mass is 19.4. The molecule has 0 bridgehead atoms. The van der Waals surface area contributed by atoms with Gasteiger partial charge in [0.05, 0.1) is 0 Å². The zero-order valence-electron chi connectivity index (χ0n) is 23.5. The molecular formula is C29H33F6N3O6.